The number of ether oxygens (including phenoxy) is 1. The van der Waals surface area contributed by atoms with E-state index in [1.165, 1.54) is 7.11 Å². The summed E-state index contributed by atoms with van der Waals surface area (Å²) in [6.07, 6.45) is 0. The molecule has 1 aromatic heterocycles. The molecular formula is C13H17N3O3. The molecule has 19 heavy (non-hydrogen) atoms. The molecule has 0 saturated carbocycles. The van der Waals surface area contributed by atoms with E-state index in [9.17, 15) is 5.11 Å². The Balaban J connectivity index is 2.58. The van der Waals surface area contributed by atoms with Crippen LogP contribution >= 0.6 is 0 Å². The number of phenolic OH excluding ortho intramolecular Hbond substituents is 1. The molecule has 2 aromatic rings. The van der Waals surface area contributed by atoms with E-state index < -0.39 is 0 Å². The normalized spacial score (nSPS) is 11.0. The number of rotatable bonds is 4. The molecule has 0 aliphatic carbocycles. The Morgan fingerprint density at radius 2 is 2.16 bits per heavy atom. The average molecular weight is 263 g/mol. The zero-order valence-corrected chi connectivity index (χ0v) is 11.2. The summed E-state index contributed by atoms with van der Waals surface area (Å²) < 4.78 is 10.2. The van der Waals surface area contributed by atoms with Crippen LogP contribution < -0.4 is 10.5 Å². The fourth-order valence-corrected chi connectivity index (χ4v) is 1.80. The van der Waals surface area contributed by atoms with Gasteiger partial charge in [0.1, 0.15) is 0 Å². The summed E-state index contributed by atoms with van der Waals surface area (Å²) in [5.74, 6) is 1.34. The number of aromatic hydroxyl groups is 1. The van der Waals surface area contributed by atoms with E-state index in [1.807, 2.05) is 19.9 Å². The fourth-order valence-electron chi connectivity index (χ4n) is 1.80. The fraction of sp³-hybridized carbons (Fsp3) is 0.385. The minimum absolute atomic E-state index is 0.0581. The lowest BCUT2D eigenvalue weighted by Gasteiger charge is -2.12. The SMILES string of the molecule is COc1c(O)cc(C(C)C)cc1-c1noc(CN)n1. The highest BCUT2D eigenvalue weighted by Crippen LogP contribution is 2.39. The number of benzene rings is 1. The van der Waals surface area contributed by atoms with Crippen LogP contribution in [0.4, 0.5) is 0 Å². The highest BCUT2D eigenvalue weighted by molar-refractivity contribution is 5.69. The molecule has 1 heterocycles. The maximum Gasteiger partial charge on any atom is 0.240 e. The lowest BCUT2D eigenvalue weighted by molar-refractivity contribution is 0.371. The number of aromatic nitrogens is 2. The Morgan fingerprint density at radius 3 is 2.68 bits per heavy atom. The van der Waals surface area contributed by atoms with Crippen molar-refractivity contribution in [3.8, 4) is 22.9 Å². The average Bonchev–Trinajstić information content (AvgIpc) is 2.86. The van der Waals surface area contributed by atoms with Crippen LogP contribution in [-0.2, 0) is 6.54 Å². The Morgan fingerprint density at radius 1 is 1.42 bits per heavy atom. The van der Waals surface area contributed by atoms with Crippen LogP contribution in [0.5, 0.6) is 11.5 Å². The molecule has 0 aliphatic heterocycles. The van der Waals surface area contributed by atoms with Crippen LogP contribution in [0.3, 0.4) is 0 Å². The largest absolute Gasteiger partial charge is 0.504 e. The third-order valence-corrected chi connectivity index (χ3v) is 2.85. The zero-order chi connectivity index (χ0) is 14.0. The molecule has 6 heteroatoms. The van der Waals surface area contributed by atoms with Gasteiger partial charge in [0.25, 0.3) is 0 Å². The van der Waals surface area contributed by atoms with Crippen molar-refractivity contribution < 1.29 is 14.4 Å². The van der Waals surface area contributed by atoms with Gasteiger partial charge in [-0.1, -0.05) is 19.0 Å². The molecule has 2 rings (SSSR count). The van der Waals surface area contributed by atoms with Gasteiger partial charge < -0.3 is 20.1 Å². The van der Waals surface area contributed by atoms with Crippen LogP contribution in [-0.4, -0.2) is 22.4 Å². The van der Waals surface area contributed by atoms with Crippen LogP contribution in [0.1, 0.15) is 31.2 Å². The minimum atomic E-state index is 0.0581. The molecule has 0 radical (unpaired) electrons. The topological polar surface area (TPSA) is 94.4 Å². The number of nitrogens with zero attached hydrogens (tertiary/aromatic N) is 2. The van der Waals surface area contributed by atoms with Crippen molar-refractivity contribution in [3.05, 3.63) is 23.6 Å². The van der Waals surface area contributed by atoms with Gasteiger partial charge in [-0.3, -0.25) is 0 Å². The van der Waals surface area contributed by atoms with Crippen molar-refractivity contribution >= 4 is 0 Å². The van der Waals surface area contributed by atoms with Gasteiger partial charge in [-0.05, 0) is 23.6 Å². The van der Waals surface area contributed by atoms with Gasteiger partial charge in [0.05, 0.1) is 19.2 Å². The lowest BCUT2D eigenvalue weighted by atomic mass is 9.99. The van der Waals surface area contributed by atoms with Crippen molar-refractivity contribution in [1.29, 1.82) is 0 Å². The summed E-state index contributed by atoms with van der Waals surface area (Å²) in [6, 6.07) is 3.56. The second kappa shape index (κ2) is 5.27. The number of methoxy groups -OCH3 is 1. The molecule has 0 aliphatic rings. The molecule has 0 saturated heterocycles. The predicted molar refractivity (Wildman–Crippen MR) is 69.9 cm³/mol. The van der Waals surface area contributed by atoms with Gasteiger partial charge in [0.15, 0.2) is 11.5 Å². The number of phenols is 1. The first-order valence-electron chi connectivity index (χ1n) is 6.00. The standard InChI is InChI=1S/C13H17N3O3/c1-7(2)8-4-9(12(18-3)10(17)5-8)13-15-11(6-14)19-16-13/h4-5,7,17H,6,14H2,1-3H3. The number of hydrogen-bond acceptors (Lipinski definition) is 6. The van der Waals surface area contributed by atoms with E-state index in [2.05, 4.69) is 10.1 Å². The summed E-state index contributed by atoms with van der Waals surface area (Å²) in [5.41, 5.74) is 7.00. The Bertz CT molecular complexity index is 579. The van der Waals surface area contributed by atoms with E-state index in [-0.39, 0.29) is 18.2 Å². The Kier molecular flexibility index (Phi) is 3.71. The van der Waals surface area contributed by atoms with Crippen LogP contribution in [0.25, 0.3) is 11.4 Å². The van der Waals surface area contributed by atoms with Crippen LogP contribution in [0.2, 0.25) is 0 Å². The molecule has 0 amide bonds. The van der Waals surface area contributed by atoms with Gasteiger partial charge in [-0.2, -0.15) is 4.98 Å². The van der Waals surface area contributed by atoms with E-state index in [0.29, 0.717) is 23.0 Å². The quantitative estimate of drug-likeness (QED) is 0.876. The highest BCUT2D eigenvalue weighted by atomic mass is 16.5. The van der Waals surface area contributed by atoms with Gasteiger partial charge in [-0.15, -0.1) is 0 Å². The van der Waals surface area contributed by atoms with Crippen molar-refractivity contribution in [2.24, 2.45) is 5.73 Å². The molecule has 3 N–H and O–H groups in total. The molecule has 0 atom stereocenters. The van der Waals surface area contributed by atoms with Gasteiger partial charge in [-0.25, -0.2) is 0 Å². The first kappa shape index (κ1) is 13.4. The summed E-state index contributed by atoms with van der Waals surface area (Å²) in [5, 5.41) is 13.9. The number of nitrogens with two attached hydrogens (primary N) is 1. The van der Waals surface area contributed by atoms with Gasteiger partial charge >= 0.3 is 0 Å². The maximum atomic E-state index is 10.0. The zero-order valence-electron chi connectivity index (χ0n) is 11.2. The first-order valence-corrected chi connectivity index (χ1v) is 6.00. The van der Waals surface area contributed by atoms with Crippen molar-refractivity contribution in [3.63, 3.8) is 0 Å². The summed E-state index contributed by atoms with van der Waals surface area (Å²) in [4.78, 5) is 4.16. The molecule has 102 valence electrons. The summed E-state index contributed by atoms with van der Waals surface area (Å²) in [6.45, 7) is 4.24. The van der Waals surface area contributed by atoms with Gasteiger partial charge in [0.2, 0.25) is 11.7 Å². The predicted octanol–water partition coefficient (Wildman–Crippen LogP) is 2.03. The van der Waals surface area contributed by atoms with Crippen molar-refractivity contribution in [2.75, 3.05) is 7.11 Å². The van der Waals surface area contributed by atoms with Crippen molar-refractivity contribution in [1.82, 2.24) is 10.1 Å². The summed E-state index contributed by atoms with van der Waals surface area (Å²) >= 11 is 0. The van der Waals surface area contributed by atoms with E-state index in [4.69, 9.17) is 15.0 Å². The molecule has 0 fully saturated rings. The highest BCUT2D eigenvalue weighted by Gasteiger charge is 2.18. The Labute approximate surface area is 111 Å². The van der Waals surface area contributed by atoms with Crippen LogP contribution in [0.15, 0.2) is 16.7 Å². The monoisotopic (exact) mass is 263 g/mol. The molecule has 0 bridgehead atoms. The van der Waals surface area contributed by atoms with E-state index in [0.717, 1.165) is 5.56 Å². The Hall–Kier alpha value is -2.08. The molecule has 0 spiro atoms. The van der Waals surface area contributed by atoms with E-state index in [1.54, 1.807) is 6.07 Å². The molecular weight excluding hydrogens is 246 g/mol. The number of hydrogen-bond donors (Lipinski definition) is 2. The van der Waals surface area contributed by atoms with E-state index >= 15 is 0 Å². The molecule has 0 unspecified atom stereocenters. The van der Waals surface area contributed by atoms with Crippen molar-refractivity contribution in [2.45, 2.75) is 26.3 Å². The van der Waals surface area contributed by atoms with Gasteiger partial charge in [0, 0.05) is 0 Å². The lowest BCUT2D eigenvalue weighted by Crippen LogP contribution is -1.97. The maximum absolute atomic E-state index is 10.0. The minimum Gasteiger partial charge on any atom is -0.504 e. The third-order valence-electron chi connectivity index (χ3n) is 2.85. The smallest absolute Gasteiger partial charge is 0.240 e. The summed E-state index contributed by atoms with van der Waals surface area (Å²) in [7, 11) is 1.48. The molecule has 6 nitrogen and oxygen atoms in total. The third kappa shape index (κ3) is 2.53. The second-order valence-corrected chi connectivity index (χ2v) is 4.49. The second-order valence-electron chi connectivity index (χ2n) is 4.49. The van der Waals surface area contributed by atoms with Crippen LogP contribution in [0, 0.1) is 0 Å². The first-order chi connectivity index (χ1) is 9.06. The molecule has 1 aromatic carbocycles.